The van der Waals surface area contributed by atoms with Crippen LogP contribution >= 0.6 is 0 Å². The molecule has 0 spiro atoms. The van der Waals surface area contributed by atoms with Crippen molar-refractivity contribution < 1.29 is 13.2 Å². The topological polar surface area (TPSA) is 93.5 Å². The number of nitrogens with one attached hydrogen (secondary N) is 2. The molecule has 6 nitrogen and oxygen atoms in total. The van der Waals surface area contributed by atoms with Crippen molar-refractivity contribution in [3.05, 3.63) is 18.2 Å². The fourth-order valence-corrected chi connectivity index (χ4v) is 3.04. The zero-order valence-electron chi connectivity index (χ0n) is 11.7. The van der Waals surface area contributed by atoms with Gasteiger partial charge in [0.05, 0.1) is 22.4 Å². The summed E-state index contributed by atoms with van der Waals surface area (Å²) in [6.07, 6.45) is 1.27. The maximum absolute atomic E-state index is 11.7. The Labute approximate surface area is 119 Å². The van der Waals surface area contributed by atoms with Crippen molar-refractivity contribution in [2.75, 3.05) is 31.2 Å². The number of anilines is 2. The van der Waals surface area contributed by atoms with Crippen LogP contribution in [0.5, 0.6) is 0 Å². The predicted octanol–water partition coefficient (Wildman–Crippen LogP) is 1.01. The first kappa shape index (κ1) is 15.1. The molecular weight excluding hydrogens is 278 g/mol. The lowest BCUT2D eigenvalue weighted by Gasteiger charge is -2.17. The van der Waals surface area contributed by atoms with Crippen LogP contribution in [0.25, 0.3) is 0 Å². The molecule has 0 aliphatic carbocycles. The molecule has 1 aromatic carbocycles. The molecule has 1 aliphatic heterocycles. The molecule has 20 heavy (non-hydrogen) atoms. The van der Waals surface area contributed by atoms with Gasteiger partial charge in [0.25, 0.3) is 0 Å². The molecule has 1 aromatic rings. The van der Waals surface area contributed by atoms with Gasteiger partial charge in [0.15, 0.2) is 0 Å². The van der Waals surface area contributed by atoms with Crippen LogP contribution in [-0.4, -0.2) is 34.7 Å². The Kier molecular flexibility index (Phi) is 4.52. The standard InChI is InChI=1S/C13H21N3O3S/c1-9-10(5-6-19-9)8-16-13-4-3-11(7-12(13)14)20(17,18)15-2/h3-4,7,9-10,15-16H,5-6,8,14H2,1-2H3. The molecule has 1 saturated heterocycles. The summed E-state index contributed by atoms with van der Waals surface area (Å²) >= 11 is 0. The van der Waals surface area contributed by atoms with E-state index < -0.39 is 10.0 Å². The van der Waals surface area contributed by atoms with E-state index in [1.165, 1.54) is 13.1 Å². The minimum Gasteiger partial charge on any atom is -0.397 e. The van der Waals surface area contributed by atoms with Crippen molar-refractivity contribution in [2.24, 2.45) is 5.92 Å². The number of ether oxygens (including phenoxy) is 1. The average molecular weight is 299 g/mol. The summed E-state index contributed by atoms with van der Waals surface area (Å²) < 4.78 is 31.1. The Bertz CT molecular complexity index is 574. The number of benzene rings is 1. The molecule has 2 atom stereocenters. The average Bonchev–Trinajstić information content (AvgIpc) is 2.83. The van der Waals surface area contributed by atoms with Gasteiger partial charge in [-0.05, 0) is 38.6 Å². The van der Waals surface area contributed by atoms with E-state index in [0.29, 0.717) is 11.6 Å². The third-order valence-electron chi connectivity index (χ3n) is 3.69. The van der Waals surface area contributed by atoms with Crippen LogP contribution in [0.15, 0.2) is 23.1 Å². The molecule has 1 aliphatic rings. The maximum atomic E-state index is 11.7. The SMILES string of the molecule is CNS(=O)(=O)c1ccc(NCC2CCOC2C)c(N)c1. The normalized spacial score (nSPS) is 22.9. The molecule has 0 bridgehead atoms. The highest BCUT2D eigenvalue weighted by atomic mass is 32.2. The molecular formula is C13H21N3O3S. The second kappa shape index (κ2) is 5.99. The summed E-state index contributed by atoms with van der Waals surface area (Å²) in [6, 6.07) is 4.70. The van der Waals surface area contributed by atoms with Gasteiger partial charge in [-0.2, -0.15) is 0 Å². The Balaban J connectivity index is 2.06. The predicted molar refractivity (Wildman–Crippen MR) is 79.1 cm³/mol. The fraction of sp³-hybridized carbons (Fsp3) is 0.538. The second-order valence-electron chi connectivity index (χ2n) is 4.96. The quantitative estimate of drug-likeness (QED) is 0.706. The molecule has 4 N–H and O–H groups in total. The lowest BCUT2D eigenvalue weighted by Crippen LogP contribution is -2.21. The fourth-order valence-electron chi connectivity index (χ4n) is 2.27. The van der Waals surface area contributed by atoms with E-state index in [1.54, 1.807) is 12.1 Å². The highest BCUT2D eigenvalue weighted by Crippen LogP contribution is 2.25. The van der Waals surface area contributed by atoms with Crippen LogP contribution in [0.3, 0.4) is 0 Å². The minimum atomic E-state index is -3.45. The van der Waals surface area contributed by atoms with E-state index in [0.717, 1.165) is 25.3 Å². The van der Waals surface area contributed by atoms with Crippen LogP contribution in [0, 0.1) is 5.92 Å². The number of nitrogen functional groups attached to an aromatic ring is 1. The Hall–Kier alpha value is -1.31. The Morgan fingerprint density at radius 3 is 2.75 bits per heavy atom. The molecule has 0 saturated carbocycles. The molecule has 2 unspecified atom stereocenters. The zero-order chi connectivity index (χ0) is 14.8. The summed E-state index contributed by atoms with van der Waals surface area (Å²) in [5.41, 5.74) is 7.08. The van der Waals surface area contributed by atoms with Crippen molar-refractivity contribution in [1.82, 2.24) is 4.72 Å². The van der Waals surface area contributed by atoms with Crippen LogP contribution in [0.4, 0.5) is 11.4 Å². The van der Waals surface area contributed by atoms with Gasteiger partial charge >= 0.3 is 0 Å². The molecule has 0 aromatic heterocycles. The van der Waals surface area contributed by atoms with Crippen LogP contribution in [0.1, 0.15) is 13.3 Å². The van der Waals surface area contributed by atoms with Crippen molar-refractivity contribution in [3.63, 3.8) is 0 Å². The Morgan fingerprint density at radius 1 is 1.45 bits per heavy atom. The van der Waals surface area contributed by atoms with Gasteiger partial charge in [-0.15, -0.1) is 0 Å². The number of nitrogens with two attached hydrogens (primary N) is 1. The summed E-state index contributed by atoms with van der Waals surface area (Å²) in [6.45, 7) is 3.62. The summed E-state index contributed by atoms with van der Waals surface area (Å²) in [5.74, 6) is 0.454. The smallest absolute Gasteiger partial charge is 0.240 e. The second-order valence-corrected chi connectivity index (χ2v) is 6.85. The van der Waals surface area contributed by atoms with Gasteiger partial charge in [-0.25, -0.2) is 13.1 Å². The van der Waals surface area contributed by atoms with E-state index >= 15 is 0 Å². The molecule has 112 valence electrons. The van der Waals surface area contributed by atoms with Gasteiger partial charge in [0.2, 0.25) is 10.0 Å². The largest absolute Gasteiger partial charge is 0.397 e. The van der Waals surface area contributed by atoms with E-state index in [-0.39, 0.29) is 11.0 Å². The maximum Gasteiger partial charge on any atom is 0.240 e. The van der Waals surface area contributed by atoms with Crippen molar-refractivity contribution >= 4 is 21.4 Å². The van der Waals surface area contributed by atoms with E-state index in [2.05, 4.69) is 17.0 Å². The zero-order valence-corrected chi connectivity index (χ0v) is 12.5. The van der Waals surface area contributed by atoms with Crippen LogP contribution in [-0.2, 0) is 14.8 Å². The summed E-state index contributed by atoms with van der Waals surface area (Å²) in [7, 11) is -2.08. The number of hydrogen-bond donors (Lipinski definition) is 3. The van der Waals surface area contributed by atoms with Crippen LogP contribution in [0.2, 0.25) is 0 Å². The lowest BCUT2D eigenvalue weighted by molar-refractivity contribution is 0.108. The molecule has 0 amide bonds. The number of rotatable bonds is 5. The molecule has 1 heterocycles. The Morgan fingerprint density at radius 2 is 2.20 bits per heavy atom. The highest BCUT2D eigenvalue weighted by molar-refractivity contribution is 7.89. The summed E-state index contributed by atoms with van der Waals surface area (Å²) in [5, 5.41) is 3.26. The first-order valence-electron chi connectivity index (χ1n) is 6.62. The van der Waals surface area contributed by atoms with Gasteiger partial charge < -0.3 is 15.8 Å². The highest BCUT2D eigenvalue weighted by Gasteiger charge is 2.24. The van der Waals surface area contributed by atoms with Gasteiger partial charge in [-0.1, -0.05) is 0 Å². The van der Waals surface area contributed by atoms with Gasteiger partial charge in [0.1, 0.15) is 0 Å². The van der Waals surface area contributed by atoms with Gasteiger partial charge in [-0.3, -0.25) is 0 Å². The summed E-state index contributed by atoms with van der Waals surface area (Å²) in [4.78, 5) is 0.167. The molecule has 1 fully saturated rings. The molecule has 7 heteroatoms. The third-order valence-corrected chi connectivity index (χ3v) is 5.10. The van der Waals surface area contributed by atoms with Crippen molar-refractivity contribution in [2.45, 2.75) is 24.3 Å². The van der Waals surface area contributed by atoms with Crippen LogP contribution < -0.4 is 15.8 Å². The van der Waals surface area contributed by atoms with E-state index in [1.807, 2.05) is 0 Å². The number of sulfonamides is 1. The first-order valence-corrected chi connectivity index (χ1v) is 8.11. The third kappa shape index (κ3) is 3.23. The minimum absolute atomic E-state index is 0.167. The van der Waals surface area contributed by atoms with Gasteiger partial charge in [0, 0.05) is 19.1 Å². The van der Waals surface area contributed by atoms with Crippen molar-refractivity contribution in [3.8, 4) is 0 Å². The lowest BCUT2D eigenvalue weighted by atomic mass is 10.0. The first-order chi connectivity index (χ1) is 9.44. The molecule has 0 radical (unpaired) electrons. The van der Waals surface area contributed by atoms with E-state index in [9.17, 15) is 8.42 Å². The molecule has 2 rings (SSSR count). The van der Waals surface area contributed by atoms with Crippen molar-refractivity contribution in [1.29, 1.82) is 0 Å². The number of hydrogen-bond acceptors (Lipinski definition) is 5. The van der Waals surface area contributed by atoms with E-state index in [4.69, 9.17) is 10.5 Å². The monoisotopic (exact) mass is 299 g/mol.